The lowest BCUT2D eigenvalue weighted by Gasteiger charge is -2.09. The summed E-state index contributed by atoms with van der Waals surface area (Å²) in [4.78, 5) is 16.9. The van der Waals surface area contributed by atoms with Gasteiger partial charge in [-0.05, 0) is 76.7 Å². The Labute approximate surface area is 233 Å². The van der Waals surface area contributed by atoms with Gasteiger partial charge in [-0.1, -0.05) is 48.0 Å². The Morgan fingerprint density at radius 2 is 1.37 bits per heavy atom. The van der Waals surface area contributed by atoms with E-state index in [1.165, 1.54) is 25.7 Å². The highest BCUT2D eigenvalue weighted by molar-refractivity contribution is 9.10. The average molecular weight is 586 g/mol. The van der Waals surface area contributed by atoms with Crippen molar-refractivity contribution in [3.63, 3.8) is 0 Å². The van der Waals surface area contributed by atoms with Crippen molar-refractivity contribution in [1.29, 1.82) is 0 Å². The van der Waals surface area contributed by atoms with Gasteiger partial charge in [0.2, 0.25) is 0 Å². The molecule has 2 saturated carbocycles. The van der Waals surface area contributed by atoms with Gasteiger partial charge in [-0.3, -0.25) is 0 Å². The van der Waals surface area contributed by atoms with E-state index in [2.05, 4.69) is 79.0 Å². The minimum Gasteiger partial charge on any atom is -0.341 e. The van der Waals surface area contributed by atoms with E-state index in [4.69, 9.17) is 21.6 Å². The summed E-state index contributed by atoms with van der Waals surface area (Å²) in [7, 11) is 0. The SMILES string of the molecule is Clc1cc2[nH]c([C@@H]3C[C@H]4C[C@H]4N3)nc2c2ccc(-c3ccc(-c4nc([C@@H]5C[C@H]6C[C@H]6N5)[nH]c4Br)cc3)cc12. The van der Waals surface area contributed by atoms with Crippen LogP contribution in [-0.4, -0.2) is 32.0 Å². The van der Waals surface area contributed by atoms with Gasteiger partial charge in [-0.2, -0.15) is 0 Å². The predicted octanol–water partition coefficient (Wildman–Crippen LogP) is 7.03. The number of fused-ring (bicyclic) bond motifs is 5. The normalized spacial score (nSPS) is 29.2. The first-order valence-corrected chi connectivity index (χ1v) is 14.7. The number of halogens is 2. The number of nitrogens with zero attached hydrogens (tertiary/aromatic N) is 2. The molecule has 2 saturated heterocycles. The summed E-state index contributed by atoms with van der Waals surface area (Å²) in [6, 6.07) is 19.2. The molecule has 4 heterocycles. The van der Waals surface area contributed by atoms with Crippen molar-refractivity contribution in [3.8, 4) is 22.4 Å². The molecular weight excluding hydrogens is 560 g/mol. The fourth-order valence-corrected chi connectivity index (χ4v) is 7.61. The van der Waals surface area contributed by atoms with Crippen LogP contribution >= 0.6 is 27.5 Å². The van der Waals surface area contributed by atoms with E-state index in [-0.39, 0.29) is 0 Å². The van der Waals surface area contributed by atoms with Gasteiger partial charge in [0.1, 0.15) is 21.9 Å². The molecule has 2 aliphatic carbocycles. The van der Waals surface area contributed by atoms with Gasteiger partial charge in [0, 0.05) is 28.4 Å². The Morgan fingerprint density at radius 1 is 0.711 bits per heavy atom. The zero-order valence-corrected chi connectivity index (χ0v) is 22.9. The first-order valence-electron chi connectivity index (χ1n) is 13.6. The van der Waals surface area contributed by atoms with Crippen LogP contribution < -0.4 is 10.6 Å². The number of rotatable bonds is 4. The largest absolute Gasteiger partial charge is 0.341 e. The van der Waals surface area contributed by atoms with E-state index >= 15 is 0 Å². The van der Waals surface area contributed by atoms with Crippen LogP contribution in [0.2, 0.25) is 5.02 Å². The molecule has 6 nitrogen and oxygen atoms in total. The van der Waals surface area contributed by atoms with E-state index in [0.29, 0.717) is 24.2 Å². The minimum absolute atomic E-state index is 0.323. The van der Waals surface area contributed by atoms with Crippen LogP contribution in [0, 0.1) is 11.8 Å². The topological polar surface area (TPSA) is 81.4 Å². The minimum atomic E-state index is 0.323. The summed E-state index contributed by atoms with van der Waals surface area (Å²) in [5.74, 6) is 3.72. The first-order chi connectivity index (χ1) is 18.6. The van der Waals surface area contributed by atoms with E-state index in [9.17, 15) is 0 Å². The molecule has 190 valence electrons. The van der Waals surface area contributed by atoms with Crippen molar-refractivity contribution < 1.29 is 0 Å². The second kappa shape index (κ2) is 7.92. The summed E-state index contributed by atoms with van der Waals surface area (Å²) in [5, 5.41) is 10.2. The molecule has 8 heteroatoms. The Balaban J connectivity index is 1.03. The van der Waals surface area contributed by atoms with E-state index in [0.717, 1.165) is 77.3 Å². The maximum atomic E-state index is 6.80. The molecule has 5 aromatic rings. The molecule has 3 aromatic carbocycles. The van der Waals surface area contributed by atoms with Crippen LogP contribution in [0.3, 0.4) is 0 Å². The number of hydrogen-bond acceptors (Lipinski definition) is 4. The molecule has 4 aliphatic rings. The molecule has 0 amide bonds. The van der Waals surface area contributed by atoms with Crippen molar-refractivity contribution in [2.24, 2.45) is 11.8 Å². The Bertz CT molecular complexity index is 1740. The summed E-state index contributed by atoms with van der Waals surface area (Å²) in [6.45, 7) is 0. The van der Waals surface area contributed by atoms with Crippen LogP contribution in [0.15, 0.2) is 53.1 Å². The van der Waals surface area contributed by atoms with Crippen LogP contribution in [0.1, 0.15) is 49.4 Å². The van der Waals surface area contributed by atoms with Gasteiger partial charge < -0.3 is 20.6 Å². The van der Waals surface area contributed by atoms with Crippen molar-refractivity contribution in [2.45, 2.75) is 49.9 Å². The van der Waals surface area contributed by atoms with Gasteiger partial charge in [0.05, 0.1) is 28.1 Å². The third kappa shape index (κ3) is 3.45. The van der Waals surface area contributed by atoms with Crippen molar-refractivity contribution in [1.82, 2.24) is 30.6 Å². The molecule has 4 N–H and O–H groups in total. The van der Waals surface area contributed by atoms with Crippen molar-refractivity contribution in [2.75, 3.05) is 0 Å². The summed E-state index contributed by atoms with van der Waals surface area (Å²) >= 11 is 10.5. The van der Waals surface area contributed by atoms with Gasteiger partial charge in [-0.25, -0.2) is 9.97 Å². The Kier molecular flexibility index (Phi) is 4.61. The molecule has 6 atom stereocenters. The lowest BCUT2D eigenvalue weighted by atomic mass is 9.99. The van der Waals surface area contributed by atoms with Gasteiger partial charge in [0.15, 0.2) is 0 Å². The molecule has 9 rings (SSSR count). The van der Waals surface area contributed by atoms with Crippen molar-refractivity contribution >= 4 is 49.3 Å². The fourth-order valence-electron chi connectivity index (χ4n) is 6.82. The molecule has 2 aliphatic heterocycles. The molecular formula is C30H26BrClN6. The number of aromatic amines is 2. The number of aromatic nitrogens is 4. The highest BCUT2D eigenvalue weighted by atomic mass is 79.9. The second-order valence-corrected chi connectivity index (χ2v) is 12.8. The summed E-state index contributed by atoms with van der Waals surface area (Å²) < 4.78 is 0.937. The predicted molar refractivity (Wildman–Crippen MR) is 154 cm³/mol. The van der Waals surface area contributed by atoms with Crippen molar-refractivity contribution in [3.05, 3.63) is 69.8 Å². The molecule has 2 aromatic heterocycles. The standard InChI is InChI=1S/C30H26BrClN6/c31-28-26(36-30(38-28)25-11-17-9-22(17)34-25)14-3-1-13(2-4-14)15-5-6-18-19(7-15)20(32)12-23-27(18)37-29(35-23)24-10-16-8-21(16)33-24/h1-7,12,16-17,21-22,24-25,33-34H,8-11H2,(H,35,37)(H,36,38)/t16-,17-,21-,22-,24+,25+/m1/s1. The maximum Gasteiger partial charge on any atom is 0.124 e. The molecule has 0 bridgehead atoms. The number of H-pyrrole nitrogens is 2. The van der Waals surface area contributed by atoms with E-state index < -0.39 is 0 Å². The molecule has 0 unspecified atom stereocenters. The lowest BCUT2D eigenvalue weighted by molar-refractivity contribution is 0.543. The smallest absolute Gasteiger partial charge is 0.124 e. The lowest BCUT2D eigenvalue weighted by Crippen LogP contribution is -2.18. The van der Waals surface area contributed by atoms with Gasteiger partial charge in [-0.15, -0.1) is 0 Å². The van der Waals surface area contributed by atoms with Gasteiger partial charge >= 0.3 is 0 Å². The summed E-state index contributed by atoms with van der Waals surface area (Å²) in [5.41, 5.74) is 6.33. The number of benzene rings is 3. The zero-order chi connectivity index (χ0) is 25.1. The highest BCUT2D eigenvalue weighted by Crippen LogP contribution is 2.47. The van der Waals surface area contributed by atoms with Gasteiger partial charge in [0.25, 0.3) is 0 Å². The number of imidazole rings is 2. The van der Waals surface area contributed by atoms with Crippen LogP contribution in [0.4, 0.5) is 0 Å². The van der Waals surface area contributed by atoms with Crippen LogP contribution in [-0.2, 0) is 0 Å². The number of piperidine rings is 2. The molecule has 38 heavy (non-hydrogen) atoms. The molecule has 4 fully saturated rings. The third-order valence-corrected chi connectivity index (χ3v) is 10.0. The zero-order valence-electron chi connectivity index (χ0n) is 20.6. The Morgan fingerprint density at radius 3 is 2.05 bits per heavy atom. The van der Waals surface area contributed by atoms with Crippen LogP contribution in [0.25, 0.3) is 44.2 Å². The molecule has 0 spiro atoms. The number of nitrogens with one attached hydrogen (secondary N) is 4. The second-order valence-electron chi connectivity index (χ2n) is 11.6. The fraction of sp³-hybridized carbons (Fsp3) is 0.333. The van der Waals surface area contributed by atoms with E-state index in [1.54, 1.807) is 0 Å². The van der Waals surface area contributed by atoms with E-state index in [1.807, 2.05) is 6.07 Å². The first kappa shape index (κ1) is 22.1. The third-order valence-electron chi connectivity index (χ3n) is 9.14. The summed E-state index contributed by atoms with van der Waals surface area (Å²) in [6.07, 6.45) is 4.98. The quantitative estimate of drug-likeness (QED) is 0.182. The van der Waals surface area contributed by atoms with Crippen LogP contribution in [0.5, 0.6) is 0 Å². The average Bonchev–Trinajstić information content (AvgIpc) is 3.53. The Hall–Kier alpha value is -2.71. The maximum absolute atomic E-state index is 6.80. The number of hydrogen-bond donors (Lipinski definition) is 4. The highest BCUT2D eigenvalue weighted by Gasteiger charge is 2.47. The monoisotopic (exact) mass is 584 g/mol. The molecule has 0 radical (unpaired) electrons.